The molecule has 0 aliphatic heterocycles. The third-order valence-corrected chi connectivity index (χ3v) is 4.98. The van der Waals surface area contributed by atoms with Gasteiger partial charge in [-0.25, -0.2) is 13.6 Å². The lowest BCUT2D eigenvalue weighted by Crippen LogP contribution is -2.14. The van der Waals surface area contributed by atoms with Gasteiger partial charge in [-0.1, -0.05) is 30.3 Å². The van der Waals surface area contributed by atoms with Gasteiger partial charge in [0.15, 0.2) is 0 Å². The summed E-state index contributed by atoms with van der Waals surface area (Å²) in [5, 5.41) is 22.4. The number of phenols is 1. The summed E-state index contributed by atoms with van der Waals surface area (Å²) in [5.74, 6) is -3.33. The van der Waals surface area contributed by atoms with E-state index in [0.29, 0.717) is 27.5 Å². The summed E-state index contributed by atoms with van der Waals surface area (Å²) in [6.07, 6.45) is 2.19. The molecule has 0 aromatic heterocycles. The van der Waals surface area contributed by atoms with E-state index in [2.05, 4.69) is 5.32 Å². The molecule has 5 nitrogen and oxygen atoms in total. The first-order valence-electron chi connectivity index (χ1n) is 9.85. The standard InChI is InChI=1S/C26H17F2NO4/c27-19-11-18(12-20(30)14-19)17-10-16-3-1-2-4-21(16)22(13-17)26(33)29-24-9-15(5-7-23(24)28)6-8-25(31)32/h1-14,30H,(H,29,33)(H,31,32). The van der Waals surface area contributed by atoms with E-state index in [1.54, 1.807) is 30.3 Å². The maximum Gasteiger partial charge on any atom is 0.328 e. The molecule has 0 saturated heterocycles. The third-order valence-electron chi connectivity index (χ3n) is 4.98. The van der Waals surface area contributed by atoms with Gasteiger partial charge in [-0.05, 0) is 69.9 Å². The van der Waals surface area contributed by atoms with Crippen molar-refractivity contribution in [2.45, 2.75) is 0 Å². The van der Waals surface area contributed by atoms with Crippen LogP contribution in [0.5, 0.6) is 5.75 Å². The average molecular weight is 445 g/mol. The summed E-state index contributed by atoms with van der Waals surface area (Å²) >= 11 is 0. The number of carboxylic acid groups (broad SMARTS) is 1. The zero-order chi connectivity index (χ0) is 23.5. The number of rotatable bonds is 5. The maximum atomic E-state index is 14.4. The highest BCUT2D eigenvalue weighted by Crippen LogP contribution is 2.31. The molecule has 4 rings (SSSR count). The molecule has 0 aliphatic rings. The largest absolute Gasteiger partial charge is 0.508 e. The number of hydrogen-bond acceptors (Lipinski definition) is 3. The lowest BCUT2D eigenvalue weighted by Gasteiger charge is -2.12. The quantitative estimate of drug-likeness (QED) is 0.337. The van der Waals surface area contributed by atoms with Crippen LogP contribution in [0.3, 0.4) is 0 Å². The van der Waals surface area contributed by atoms with Crippen LogP contribution >= 0.6 is 0 Å². The fourth-order valence-electron chi connectivity index (χ4n) is 3.51. The van der Waals surface area contributed by atoms with E-state index in [-0.39, 0.29) is 17.0 Å². The molecule has 0 spiro atoms. The number of carbonyl (C=O) groups excluding carboxylic acids is 1. The van der Waals surface area contributed by atoms with Gasteiger partial charge in [-0.3, -0.25) is 4.79 Å². The van der Waals surface area contributed by atoms with Crippen molar-refractivity contribution < 1.29 is 28.6 Å². The van der Waals surface area contributed by atoms with E-state index in [4.69, 9.17) is 5.11 Å². The number of hydrogen-bond donors (Lipinski definition) is 3. The number of aliphatic carboxylic acids is 1. The van der Waals surface area contributed by atoms with Crippen molar-refractivity contribution in [2.24, 2.45) is 0 Å². The van der Waals surface area contributed by atoms with Crippen LogP contribution in [0.1, 0.15) is 15.9 Å². The summed E-state index contributed by atoms with van der Waals surface area (Å²) in [5.41, 5.74) is 1.36. The smallest absolute Gasteiger partial charge is 0.328 e. The Morgan fingerprint density at radius 3 is 2.39 bits per heavy atom. The molecule has 0 atom stereocenters. The molecule has 3 N–H and O–H groups in total. The predicted octanol–water partition coefficient (Wildman–Crippen LogP) is 5.84. The maximum absolute atomic E-state index is 14.4. The Kier molecular flexibility index (Phi) is 5.87. The Bertz CT molecular complexity index is 1410. The Morgan fingerprint density at radius 1 is 0.879 bits per heavy atom. The van der Waals surface area contributed by atoms with E-state index in [1.165, 1.54) is 36.4 Å². The van der Waals surface area contributed by atoms with Crippen LogP contribution < -0.4 is 5.32 Å². The van der Waals surface area contributed by atoms with Gasteiger partial charge in [-0.15, -0.1) is 0 Å². The van der Waals surface area contributed by atoms with Crippen LogP contribution in [-0.4, -0.2) is 22.1 Å². The highest BCUT2D eigenvalue weighted by atomic mass is 19.1. The molecule has 1 amide bonds. The monoisotopic (exact) mass is 445 g/mol. The lowest BCUT2D eigenvalue weighted by molar-refractivity contribution is -0.131. The van der Waals surface area contributed by atoms with Gasteiger partial charge in [0, 0.05) is 17.7 Å². The third kappa shape index (κ3) is 4.88. The second-order valence-electron chi connectivity index (χ2n) is 7.31. The number of halogens is 2. The molecule has 0 unspecified atom stereocenters. The minimum absolute atomic E-state index is 0.120. The van der Waals surface area contributed by atoms with Gasteiger partial charge in [0.1, 0.15) is 17.4 Å². The number of phenolic OH excluding ortho intramolecular Hbond substituents is 1. The van der Waals surface area contributed by atoms with Gasteiger partial charge >= 0.3 is 5.97 Å². The van der Waals surface area contributed by atoms with Gasteiger partial charge in [0.2, 0.25) is 0 Å². The van der Waals surface area contributed by atoms with Gasteiger partial charge in [0.05, 0.1) is 5.69 Å². The predicted molar refractivity (Wildman–Crippen MR) is 122 cm³/mol. The normalized spacial score (nSPS) is 11.1. The second-order valence-corrected chi connectivity index (χ2v) is 7.31. The van der Waals surface area contributed by atoms with Crippen LogP contribution in [0.15, 0.2) is 78.9 Å². The minimum Gasteiger partial charge on any atom is -0.508 e. The Labute approximate surface area is 187 Å². The Morgan fingerprint density at radius 2 is 1.64 bits per heavy atom. The number of carboxylic acids is 1. The summed E-state index contributed by atoms with van der Waals surface area (Å²) < 4.78 is 28.2. The molecule has 0 bridgehead atoms. The molecule has 4 aromatic rings. The van der Waals surface area contributed by atoms with E-state index >= 15 is 0 Å². The fourth-order valence-corrected chi connectivity index (χ4v) is 3.51. The molecule has 0 fully saturated rings. The molecular weight excluding hydrogens is 428 g/mol. The molecule has 0 saturated carbocycles. The van der Waals surface area contributed by atoms with Crippen molar-refractivity contribution in [3.63, 3.8) is 0 Å². The summed E-state index contributed by atoms with van der Waals surface area (Å²) in [6, 6.07) is 17.8. The Balaban J connectivity index is 1.77. The first-order chi connectivity index (χ1) is 15.8. The number of amides is 1. The van der Waals surface area contributed by atoms with E-state index in [1.807, 2.05) is 0 Å². The van der Waals surface area contributed by atoms with Crippen molar-refractivity contribution in [3.8, 4) is 16.9 Å². The number of carbonyl (C=O) groups is 2. The van der Waals surface area contributed by atoms with E-state index in [9.17, 15) is 23.5 Å². The lowest BCUT2D eigenvalue weighted by atomic mass is 9.96. The zero-order valence-electron chi connectivity index (χ0n) is 17.0. The summed E-state index contributed by atoms with van der Waals surface area (Å²) in [4.78, 5) is 23.9. The first-order valence-corrected chi connectivity index (χ1v) is 9.85. The highest BCUT2D eigenvalue weighted by Gasteiger charge is 2.16. The topological polar surface area (TPSA) is 86.6 Å². The number of fused-ring (bicyclic) bond motifs is 1. The number of benzene rings is 4. The fraction of sp³-hybridized carbons (Fsp3) is 0. The van der Waals surface area contributed by atoms with E-state index in [0.717, 1.165) is 18.2 Å². The molecule has 4 aromatic carbocycles. The highest BCUT2D eigenvalue weighted by molar-refractivity contribution is 6.14. The van der Waals surface area contributed by atoms with E-state index < -0.39 is 23.5 Å². The van der Waals surface area contributed by atoms with Crippen LogP contribution in [0.4, 0.5) is 14.5 Å². The Hall–Kier alpha value is -4.52. The van der Waals surface area contributed by atoms with Crippen molar-refractivity contribution in [3.05, 3.63) is 102 Å². The molecule has 0 radical (unpaired) electrons. The zero-order valence-corrected chi connectivity index (χ0v) is 17.0. The molecule has 33 heavy (non-hydrogen) atoms. The summed E-state index contributed by atoms with van der Waals surface area (Å²) in [6.45, 7) is 0. The van der Waals surface area contributed by atoms with Crippen LogP contribution in [0.2, 0.25) is 0 Å². The molecule has 164 valence electrons. The SMILES string of the molecule is O=C(O)C=Cc1ccc(F)c(NC(=O)c2cc(-c3cc(O)cc(F)c3)cc3ccccc23)c1. The van der Waals surface area contributed by atoms with Crippen molar-refractivity contribution >= 4 is 34.4 Å². The number of aromatic hydroxyl groups is 1. The first kappa shape index (κ1) is 21.7. The molecule has 0 aliphatic carbocycles. The van der Waals surface area contributed by atoms with Crippen LogP contribution in [0, 0.1) is 11.6 Å². The van der Waals surface area contributed by atoms with Gasteiger partial charge in [-0.2, -0.15) is 0 Å². The van der Waals surface area contributed by atoms with Gasteiger partial charge in [0.25, 0.3) is 5.91 Å². The molecule has 0 heterocycles. The van der Waals surface area contributed by atoms with Gasteiger partial charge < -0.3 is 15.5 Å². The average Bonchev–Trinajstić information content (AvgIpc) is 2.78. The second kappa shape index (κ2) is 8.92. The van der Waals surface area contributed by atoms with Crippen LogP contribution in [-0.2, 0) is 4.79 Å². The molecule has 7 heteroatoms. The number of nitrogens with one attached hydrogen (secondary N) is 1. The van der Waals surface area contributed by atoms with Crippen LogP contribution in [0.25, 0.3) is 28.0 Å². The molecular formula is C26H17F2NO4. The number of anilines is 1. The minimum atomic E-state index is -1.16. The van der Waals surface area contributed by atoms with Crippen molar-refractivity contribution in [1.29, 1.82) is 0 Å². The summed E-state index contributed by atoms with van der Waals surface area (Å²) in [7, 11) is 0. The van der Waals surface area contributed by atoms with Crippen molar-refractivity contribution in [2.75, 3.05) is 5.32 Å². The van der Waals surface area contributed by atoms with Crippen molar-refractivity contribution in [1.82, 2.24) is 0 Å².